The second-order valence-corrected chi connectivity index (χ2v) is 8.01. The predicted molar refractivity (Wildman–Crippen MR) is 104 cm³/mol. The number of rotatable bonds is 6. The predicted octanol–water partition coefficient (Wildman–Crippen LogP) is 2.80. The summed E-state index contributed by atoms with van der Waals surface area (Å²) in [5.74, 6) is 0.773. The van der Waals surface area contributed by atoms with E-state index < -0.39 is 0 Å². The van der Waals surface area contributed by atoms with Crippen LogP contribution in [-0.2, 0) is 37.1 Å². The highest BCUT2D eigenvalue weighted by Gasteiger charge is 2.26. The van der Waals surface area contributed by atoms with E-state index in [9.17, 15) is 9.90 Å². The standard InChI is InChI=1S/C22H29N3O2/c26-15-18-5-3-4-16(13-18)12-17-10-11-25(14-17)22(27)9-8-21-19-6-1-2-7-20(19)23-24-21/h3-5,13,17,26H,1-2,6-12,14-15H2,(H,23,24). The van der Waals surface area contributed by atoms with Crippen LogP contribution in [-0.4, -0.2) is 39.2 Å². The van der Waals surface area contributed by atoms with Crippen molar-refractivity contribution >= 4 is 5.91 Å². The molecule has 1 fully saturated rings. The van der Waals surface area contributed by atoms with E-state index in [0.29, 0.717) is 12.3 Å². The lowest BCUT2D eigenvalue weighted by Gasteiger charge is -2.17. The van der Waals surface area contributed by atoms with E-state index in [1.165, 1.54) is 29.7 Å². The second-order valence-electron chi connectivity index (χ2n) is 8.01. The third-order valence-corrected chi connectivity index (χ3v) is 6.05. The molecule has 5 heteroatoms. The van der Waals surface area contributed by atoms with Gasteiger partial charge in [0, 0.05) is 31.6 Å². The molecule has 27 heavy (non-hydrogen) atoms. The van der Waals surface area contributed by atoms with Crippen molar-refractivity contribution in [1.29, 1.82) is 0 Å². The maximum Gasteiger partial charge on any atom is 0.222 e. The van der Waals surface area contributed by atoms with Gasteiger partial charge in [-0.2, -0.15) is 5.10 Å². The number of amides is 1. The molecule has 1 unspecified atom stereocenters. The fraction of sp³-hybridized carbons (Fsp3) is 0.545. The van der Waals surface area contributed by atoms with E-state index in [-0.39, 0.29) is 12.5 Å². The number of H-pyrrole nitrogens is 1. The van der Waals surface area contributed by atoms with Crippen LogP contribution in [0.25, 0.3) is 0 Å². The van der Waals surface area contributed by atoms with Crippen LogP contribution in [0, 0.1) is 5.92 Å². The van der Waals surface area contributed by atoms with E-state index in [2.05, 4.69) is 22.3 Å². The van der Waals surface area contributed by atoms with Crippen LogP contribution in [0.15, 0.2) is 24.3 Å². The molecule has 1 aromatic carbocycles. The molecule has 1 amide bonds. The zero-order chi connectivity index (χ0) is 18.6. The maximum atomic E-state index is 12.7. The third-order valence-electron chi connectivity index (χ3n) is 6.05. The van der Waals surface area contributed by atoms with Crippen molar-refractivity contribution in [3.8, 4) is 0 Å². The topological polar surface area (TPSA) is 69.2 Å². The molecule has 1 atom stereocenters. The zero-order valence-corrected chi connectivity index (χ0v) is 15.9. The molecular weight excluding hydrogens is 338 g/mol. The molecule has 5 nitrogen and oxygen atoms in total. The fourth-order valence-corrected chi connectivity index (χ4v) is 4.55. The number of fused-ring (bicyclic) bond motifs is 1. The van der Waals surface area contributed by atoms with Crippen LogP contribution in [0.1, 0.15) is 53.8 Å². The Labute approximate surface area is 160 Å². The Bertz CT molecular complexity index is 799. The van der Waals surface area contributed by atoms with Crippen molar-refractivity contribution in [1.82, 2.24) is 15.1 Å². The molecule has 144 valence electrons. The van der Waals surface area contributed by atoms with E-state index in [0.717, 1.165) is 56.5 Å². The molecule has 0 spiro atoms. The molecule has 2 aliphatic rings. The maximum absolute atomic E-state index is 12.7. The van der Waals surface area contributed by atoms with Gasteiger partial charge in [-0.1, -0.05) is 24.3 Å². The number of hydrogen-bond acceptors (Lipinski definition) is 3. The van der Waals surface area contributed by atoms with Crippen LogP contribution >= 0.6 is 0 Å². The quantitative estimate of drug-likeness (QED) is 0.825. The van der Waals surface area contributed by atoms with Gasteiger partial charge in [0.1, 0.15) is 0 Å². The number of carbonyl (C=O) groups is 1. The number of nitrogens with zero attached hydrogens (tertiary/aromatic N) is 2. The highest BCUT2D eigenvalue weighted by atomic mass is 16.3. The summed E-state index contributed by atoms with van der Waals surface area (Å²) in [6.45, 7) is 1.79. The molecule has 4 rings (SSSR count). The Hall–Kier alpha value is -2.14. The highest BCUT2D eigenvalue weighted by Crippen LogP contribution is 2.25. The summed E-state index contributed by atoms with van der Waals surface area (Å²) in [5.41, 5.74) is 5.98. The van der Waals surface area contributed by atoms with Crippen molar-refractivity contribution in [3.05, 3.63) is 52.3 Å². The lowest BCUT2D eigenvalue weighted by molar-refractivity contribution is -0.130. The van der Waals surface area contributed by atoms with Gasteiger partial charge in [-0.05, 0) is 61.1 Å². The molecule has 2 aromatic rings. The molecule has 2 heterocycles. The molecule has 1 aliphatic heterocycles. The highest BCUT2D eigenvalue weighted by molar-refractivity contribution is 5.76. The largest absolute Gasteiger partial charge is 0.392 e. The number of aliphatic hydroxyl groups excluding tert-OH is 1. The summed E-state index contributed by atoms with van der Waals surface area (Å²) in [7, 11) is 0. The molecule has 0 bridgehead atoms. The molecule has 0 saturated carbocycles. The number of benzene rings is 1. The summed E-state index contributed by atoms with van der Waals surface area (Å²) in [5, 5.41) is 16.9. The van der Waals surface area contributed by atoms with Gasteiger partial charge in [-0.25, -0.2) is 0 Å². The number of nitrogens with one attached hydrogen (secondary N) is 1. The van der Waals surface area contributed by atoms with Crippen molar-refractivity contribution < 1.29 is 9.90 Å². The van der Waals surface area contributed by atoms with Gasteiger partial charge in [-0.15, -0.1) is 0 Å². The summed E-state index contributed by atoms with van der Waals surface area (Å²) in [4.78, 5) is 14.7. The van der Waals surface area contributed by atoms with E-state index in [1.807, 2.05) is 17.0 Å². The molecule has 1 aromatic heterocycles. The average Bonchev–Trinajstić information content (AvgIpc) is 3.33. The molecular formula is C22H29N3O2. The summed E-state index contributed by atoms with van der Waals surface area (Å²) in [6, 6.07) is 8.14. The van der Waals surface area contributed by atoms with Gasteiger partial charge in [-0.3, -0.25) is 9.89 Å². The third kappa shape index (κ3) is 4.24. The Morgan fingerprint density at radius 1 is 1.26 bits per heavy atom. The molecule has 1 saturated heterocycles. The number of aliphatic hydroxyl groups is 1. The number of aromatic amines is 1. The number of carbonyl (C=O) groups excluding carboxylic acids is 1. The molecule has 1 aliphatic carbocycles. The van der Waals surface area contributed by atoms with Crippen molar-refractivity contribution in [3.63, 3.8) is 0 Å². The summed E-state index contributed by atoms with van der Waals surface area (Å²) >= 11 is 0. The lowest BCUT2D eigenvalue weighted by atomic mass is 9.94. The van der Waals surface area contributed by atoms with Crippen LogP contribution in [0.3, 0.4) is 0 Å². The van der Waals surface area contributed by atoms with Crippen molar-refractivity contribution in [2.24, 2.45) is 5.92 Å². The Balaban J connectivity index is 1.28. The van der Waals surface area contributed by atoms with Gasteiger partial charge in [0.2, 0.25) is 5.91 Å². The minimum Gasteiger partial charge on any atom is -0.392 e. The number of aromatic nitrogens is 2. The van der Waals surface area contributed by atoms with Crippen molar-refractivity contribution in [2.75, 3.05) is 13.1 Å². The van der Waals surface area contributed by atoms with Crippen LogP contribution in [0.4, 0.5) is 0 Å². The summed E-state index contributed by atoms with van der Waals surface area (Å²) in [6.07, 6.45) is 8.03. The van der Waals surface area contributed by atoms with Gasteiger partial charge < -0.3 is 10.0 Å². The van der Waals surface area contributed by atoms with E-state index in [4.69, 9.17) is 0 Å². The van der Waals surface area contributed by atoms with E-state index >= 15 is 0 Å². The van der Waals surface area contributed by atoms with E-state index in [1.54, 1.807) is 0 Å². The van der Waals surface area contributed by atoms with Gasteiger partial charge in [0.25, 0.3) is 0 Å². The van der Waals surface area contributed by atoms with Crippen LogP contribution < -0.4 is 0 Å². The minimum absolute atomic E-state index is 0.0833. The molecule has 2 N–H and O–H groups in total. The second kappa shape index (κ2) is 8.26. The normalized spacial score (nSPS) is 19.3. The average molecular weight is 367 g/mol. The Morgan fingerprint density at radius 2 is 2.11 bits per heavy atom. The minimum atomic E-state index is 0.0833. The van der Waals surface area contributed by atoms with Crippen LogP contribution in [0.2, 0.25) is 0 Å². The Morgan fingerprint density at radius 3 is 3.00 bits per heavy atom. The first-order valence-corrected chi connectivity index (χ1v) is 10.2. The number of aryl methyl sites for hydroxylation is 2. The summed E-state index contributed by atoms with van der Waals surface area (Å²) < 4.78 is 0. The SMILES string of the molecule is O=C(CCc1n[nH]c2c1CCCC2)N1CCC(Cc2cccc(CO)c2)C1. The lowest BCUT2D eigenvalue weighted by Crippen LogP contribution is -2.29. The first-order valence-electron chi connectivity index (χ1n) is 10.2. The number of likely N-dealkylation sites (tertiary alicyclic amines) is 1. The number of hydrogen-bond donors (Lipinski definition) is 2. The fourth-order valence-electron chi connectivity index (χ4n) is 4.55. The van der Waals surface area contributed by atoms with Crippen molar-refractivity contribution in [2.45, 2.75) is 58.0 Å². The van der Waals surface area contributed by atoms with Crippen LogP contribution in [0.5, 0.6) is 0 Å². The van der Waals surface area contributed by atoms with Gasteiger partial charge >= 0.3 is 0 Å². The first kappa shape index (κ1) is 18.2. The monoisotopic (exact) mass is 367 g/mol. The van der Waals surface area contributed by atoms with Gasteiger partial charge in [0.15, 0.2) is 0 Å². The first-order chi connectivity index (χ1) is 13.2. The smallest absolute Gasteiger partial charge is 0.222 e. The zero-order valence-electron chi connectivity index (χ0n) is 15.9. The Kier molecular flexibility index (Phi) is 5.58. The van der Waals surface area contributed by atoms with Gasteiger partial charge in [0.05, 0.1) is 12.3 Å². The molecule has 0 radical (unpaired) electrons.